The van der Waals surface area contributed by atoms with Crippen LogP contribution in [-0.2, 0) is 11.2 Å². The Labute approximate surface area is 123 Å². The number of aliphatic carboxylic acids is 1. The van der Waals surface area contributed by atoms with E-state index in [9.17, 15) is 9.59 Å². The van der Waals surface area contributed by atoms with E-state index in [2.05, 4.69) is 10.6 Å². The summed E-state index contributed by atoms with van der Waals surface area (Å²) in [6.45, 7) is 1.98. The number of nitrogens with one attached hydrogen (secondary N) is 2. The number of carboxylic acids is 1. The van der Waals surface area contributed by atoms with Crippen molar-refractivity contribution in [2.45, 2.75) is 25.8 Å². The summed E-state index contributed by atoms with van der Waals surface area (Å²) in [5, 5.41) is 14.3. The van der Waals surface area contributed by atoms with Gasteiger partial charge in [0.1, 0.15) is 0 Å². The summed E-state index contributed by atoms with van der Waals surface area (Å²) in [6.07, 6.45) is 6.73. The Morgan fingerprint density at radius 1 is 1.29 bits per heavy atom. The van der Waals surface area contributed by atoms with E-state index >= 15 is 0 Å². The molecule has 1 atom stereocenters. The standard InChI is InChI=1S/C16H18N2O3/c1-11-4-2-3-5-14(11)18-16(21)17-13-8-6-12(7-9-13)10-15(19)20/h2-4,6-9,14H,5,10H2,1H3,(H,19,20)(H2,17,18,21). The van der Waals surface area contributed by atoms with Gasteiger partial charge in [-0.2, -0.15) is 0 Å². The van der Waals surface area contributed by atoms with Gasteiger partial charge in [0.15, 0.2) is 0 Å². The molecule has 0 saturated carbocycles. The lowest BCUT2D eigenvalue weighted by Gasteiger charge is -2.20. The fourth-order valence-corrected chi connectivity index (χ4v) is 2.12. The van der Waals surface area contributed by atoms with Crippen molar-refractivity contribution in [3.63, 3.8) is 0 Å². The van der Waals surface area contributed by atoms with Gasteiger partial charge in [0.2, 0.25) is 0 Å². The normalized spacial score (nSPS) is 17.0. The Balaban J connectivity index is 1.89. The first-order valence-corrected chi connectivity index (χ1v) is 6.76. The molecular formula is C16H18N2O3. The molecule has 5 heteroatoms. The average Bonchev–Trinajstić information content (AvgIpc) is 2.43. The Morgan fingerprint density at radius 2 is 2.00 bits per heavy atom. The van der Waals surface area contributed by atoms with Gasteiger partial charge >= 0.3 is 12.0 Å². The molecule has 0 saturated heterocycles. The van der Waals surface area contributed by atoms with Crippen LogP contribution in [0, 0.1) is 0 Å². The number of hydrogen-bond acceptors (Lipinski definition) is 2. The van der Waals surface area contributed by atoms with Gasteiger partial charge in [-0.15, -0.1) is 0 Å². The molecule has 0 bridgehead atoms. The Morgan fingerprint density at radius 3 is 2.62 bits per heavy atom. The second kappa shape index (κ2) is 6.74. The van der Waals surface area contributed by atoms with Gasteiger partial charge in [0.25, 0.3) is 0 Å². The van der Waals surface area contributed by atoms with Crippen LogP contribution < -0.4 is 10.6 Å². The molecule has 0 aliphatic heterocycles. The summed E-state index contributed by atoms with van der Waals surface area (Å²) in [6, 6.07) is 6.52. The molecule has 1 aliphatic rings. The van der Waals surface area contributed by atoms with Crippen molar-refractivity contribution in [1.29, 1.82) is 0 Å². The van der Waals surface area contributed by atoms with Gasteiger partial charge in [-0.25, -0.2) is 4.79 Å². The van der Waals surface area contributed by atoms with Gasteiger partial charge < -0.3 is 15.7 Å². The monoisotopic (exact) mass is 286 g/mol. The highest BCUT2D eigenvalue weighted by molar-refractivity contribution is 5.89. The zero-order chi connectivity index (χ0) is 15.2. The molecule has 2 rings (SSSR count). The molecule has 110 valence electrons. The summed E-state index contributed by atoms with van der Waals surface area (Å²) < 4.78 is 0. The van der Waals surface area contributed by atoms with Crippen molar-refractivity contribution in [2.75, 3.05) is 5.32 Å². The molecule has 1 aromatic carbocycles. The molecule has 0 radical (unpaired) electrons. The maximum absolute atomic E-state index is 11.9. The fraction of sp³-hybridized carbons (Fsp3) is 0.250. The van der Waals surface area contributed by atoms with E-state index in [1.807, 2.05) is 25.2 Å². The second-order valence-corrected chi connectivity index (χ2v) is 4.99. The average molecular weight is 286 g/mol. The van der Waals surface area contributed by atoms with Crippen LogP contribution >= 0.6 is 0 Å². The Kier molecular flexibility index (Phi) is 4.77. The van der Waals surface area contributed by atoms with Crippen LogP contribution in [0.5, 0.6) is 0 Å². The first kappa shape index (κ1) is 14.8. The van der Waals surface area contributed by atoms with E-state index in [0.29, 0.717) is 11.3 Å². The van der Waals surface area contributed by atoms with Crippen molar-refractivity contribution in [1.82, 2.24) is 5.32 Å². The number of carbonyl (C=O) groups is 2. The number of amides is 2. The topological polar surface area (TPSA) is 78.4 Å². The molecule has 1 aromatic rings. The van der Waals surface area contributed by atoms with E-state index in [-0.39, 0.29) is 18.5 Å². The van der Waals surface area contributed by atoms with E-state index < -0.39 is 5.97 Å². The zero-order valence-electron chi connectivity index (χ0n) is 11.8. The third-order valence-corrected chi connectivity index (χ3v) is 3.29. The lowest BCUT2D eigenvalue weighted by atomic mass is 10.0. The highest BCUT2D eigenvalue weighted by atomic mass is 16.4. The van der Waals surface area contributed by atoms with Gasteiger partial charge in [0, 0.05) is 5.69 Å². The molecule has 0 fully saturated rings. The first-order valence-electron chi connectivity index (χ1n) is 6.76. The van der Waals surface area contributed by atoms with Crippen LogP contribution in [0.4, 0.5) is 10.5 Å². The third-order valence-electron chi connectivity index (χ3n) is 3.29. The number of carbonyl (C=O) groups excluding carboxylic acids is 1. The smallest absolute Gasteiger partial charge is 0.319 e. The van der Waals surface area contributed by atoms with Crippen LogP contribution in [0.15, 0.2) is 48.1 Å². The molecule has 0 spiro atoms. The molecule has 21 heavy (non-hydrogen) atoms. The van der Waals surface area contributed by atoms with Crippen LogP contribution in [0.3, 0.4) is 0 Å². The number of anilines is 1. The van der Waals surface area contributed by atoms with Crippen molar-refractivity contribution in [3.05, 3.63) is 53.6 Å². The lowest BCUT2D eigenvalue weighted by molar-refractivity contribution is -0.136. The summed E-state index contributed by atoms with van der Waals surface area (Å²) in [5.41, 5.74) is 2.45. The minimum atomic E-state index is -0.874. The van der Waals surface area contributed by atoms with E-state index in [0.717, 1.165) is 12.0 Å². The van der Waals surface area contributed by atoms with Crippen LogP contribution in [0.25, 0.3) is 0 Å². The number of allylic oxidation sites excluding steroid dienone is 2. The molecule has 3 N–H and O–H groups in total. The second-order valence-electron chi connectivity index (χ2n) is 4.99. The number of carboxylic acid groups (broad SMARTS) is 1. The van der Waals surface area contributed by atoms with Gasteiger partial charge in [-0.3, -0.25) is 4.79 Å². The summed E-state index contributed by atoms with van der Waals surface area (Å²) >= 11 is 0. The Hall–Kier alpha value is -2.56. The first-order chi connectivity index (χ1) is 10.0. The number of urea groups is 1. The number of rotatable bonds is 4. The molecule has 0 aromatic heterocycles. The van der Waals surface area contributed by atoms with Crippen molar-refractivity contribution < 1.29 is 14.7 Å². The minimum absolute atomic E-state index is 0.0151. The predicted octanol–water partition coefficient (Wildman–Crippen LogP) is 2.71. The third kappa shape index (κ3) is 4.49. The largest absolute Gasteiger partial charge is 0.481 e. The summed E-state index contributed by atoms with van der Waals surface area (Å²) in [4.78, 5) is 22.5. The quantitative estimate of drug-likeness (QED) is 0.796. The maximum Gasteiger partial charge on any atom is 0.319 e. The minimum Gasteiger partial charge on any atom is -0.481 e. The van der Waals surface area contributed by atoms with E-state index in [1.54, 1.807) is 24.3 Å². The number of hydrogen-bond donors (Lipinski definition) is 3. The van der Waals surface area contributed by atoms with Crippen molar-refractivity contribution in [3.8, 4) is 0 Å². The molecule has 1 unspecified atom stereocenters. The van der Waals surface area contributed by atoms with Crippen LogP contribution in [0.1, 0.15) is 18.9 Å². The fourth-order valence-electron chi connectivity index (χ4n) is 2.12. The molecule has 1 aliphatic carbocycles. The Bertz CT molecular complexity index is 588. The van der Waals surface area contributed by atoms with Crippen molar-refractivity contribution in [2.24, 2.45) is 0 Å². The van der Waals surface area contributed by atoms with E-state index in [4.69, 9.17) is 5.11 Å². The van der Waals surface area contributed by atoms with Crippen molar-refractivity contribution >= 4 is 17.7 Å². The maximum atomic E-state index is 11.9. The highest BCUT2D eigenvalue weighted by Crippen LogP contribution is 2.13. The van der Waals surface area contributed by atoms with Gasteiger partial charge in [-0.05, 0) is 31.0 Å². The van der Waals surface area contributed by atoms with Gasteiger partial charge in [0.05, 0.1) is 12.5 Å². The molecule has 2 amide bonds. The molecular weight excluding hydrogens is 268 g/mol. The predicted molar refractivity (Wildman–Crippen MR) is 81.2 cm³/mol. The summed E-state index contributed by atoms with van der Waals surface area (Å²) in [7, 11) is 0. The molecule has 0 heterocycles. The SMILES string of the molecule is CC1=CC=CCC1NC(=O)Nc1ccc(CC(=O)O)cc1. The van der Waals surface area contributed by atoms with Crippen LogP contribution in [0.2, 0.25) is 0 Å². The van der Waals surface area contributed by atoms with E-state index in [1.165, 1.54) is 0 Å². The number of benzene rings is 1. The lowest BCUT2D eigenvalue weighted by Crippen LogP contribution is -2.38. The van der Waals surface area contributed by atoms with Crippen LogP contribution in [-0.4, -0.2) is 23.1 Å². The van der Waals surface area contributed by atoms with Gasteiger partial charge in [-0.1, -0.05) is 35.9 Å². The molecule has 5 nitrogen and oxygen atoms in total. The summed E-state index contributed by atoms with van der Waals surface area (Å²) in [5.74, 6) is -0.874. The highest BCUT2D eigenvalue weighted by Gasteiger charge is 2.14. The zero-order valence-corrected chi connectivity index (χ0v) is 11.8.